The van der Waals surface area contributed by atoms with Gasteiger partial charge in [-0.1, -0.05) is 41.4 Å². The van der Waals surface area contributed by atoms with Crippen LogP contribution in [0.4, 0.5) is 0 Å². The number of carbonyl (C=O) groups excluding carboxylic acids is 1. The SMILES string of the molecule is COc1cc(/C=N/NC(=O)COc2ccc(C)cc2)ccc1OCc1ccc(Cl)cc1. The fourth-order valence-corrected chi connectivity index (χ4v) is 2.75. The molecule has 1 amide bonds. The Labute approximate surface area is 186 Å². The molecule has 7 heteroatoms. The lowest BCUT2D eigenvalue weighted by Gasteiger charge is -2.11. The molecule has 0 aliphatic heterocycles. The second-order valence-corrected chi connectivity index (χ2v) is 7.16. The maximum atomic E-state index is 11.9. The predicted octanol–water partition coefficient (Wildman–Crippen LogP) is 4.77. The highest BCUT2D eigenvalue weighted by Crippen LogP contribution is 2.28. The van der Waals surface area contributed by atoms with E-state index in [2.05, 4.69) is 10.5 Å². The lowest BCUT2D eigenvalue weighted by molar-refractivity contribution is -0.123. The fraction of sp³-hybridized carbons (Fsp3) is 0.167. The number of carbonyl (C=O) groups is 1. The van der Waals surface area contributed by atoms with Crippen LogP contribution in [0.2, 0.25) is 5.02 Å². The van der Waals surface area contributed by atoms with E-state index in [0.717, 1.165) is 16.7 Å². The molecule has 0 heterocycles. The second-order valence-electron chi connectivity index (χ2n) is 6.72. The van der Waals surface area contributed by atoms with Crippen LogP contribution in [-0.4, -0.2) is 25.8 Å². The number of hydrazone groups is 1. The second kappa shape index (κ2) is 11.0. The Balaban J connectivity index is 1.51. The number of nitrogens with zero attached hydrogens (tertiary/aromatic N) is 1. The molecule has 0 fully saturated rings. The molecular weight excluding hydrogens is 416 g/mol. The molecule has 0 unspecified atom stereocenters. The minimum Gasteiger partial charge on any atom is -0.493 e. The van der Waals surface area contributed by atoms with Crippen LogP contribution in [0, 0.1) is 6.92 Å². The zero-order valence-electron chi connectivity index (χ0n) is 17.3. The molecule has 0 saturated heterocycles. The van der Waals surface area contributed by atoms with Gasteiger partial charge in [0, 0.05) is 5.02 Å². The summed E-state index contributed by atoms with van der Waals surface area (Å²) in [6.07, 6.45) is 1.52. The average Bonchev–Trinajstić information content (AvgIpc) is 2.78. The van der Waals surface area contributed by atoms with Crippen molar-refractivity contribution in [2.75, 3.05) is 13.7 Å². The summed E-state index contributed by atoms with van der Waals surface area (Å²) in [6, 6.07) is 20.3. The summed E-state index contributed by atoms with van der Waals surface area (Å²) in [6.45, 7) is 2.25. The van der Waals surface area contributed by atoms with Crippen molar-refractivity contribution in [1.29, 1.82) is 0 Å². The number of nitrogens with one attached hydrogen (secondary N) is 1. The summed E-state index contributed by atoms with van der Waals surface area (Å²) in [5, 5.41) is 4.64. The minimum absolute atomic E-state index is 0.124. The third kappa shape index (κ3) is 7.04. The van der Waals surface area contributed by atoms with Gasteiger partial charge >= 0.3 is 0 Å². The van der Waals surface area contributed by atoms with Gasteiger partial charge in [-0.15, -0.1) is 0 Å². The molecule has 0 radical (unpaired) electrons. The molecule has 160 valence electrons. The third-order valence-electron chi connectivity index (χ3n) is 4.29. The maximum Gasteiger partial charge on any atom is 0.277 e. The molecule has 1 N–H and O–H groups in total. The van der Waals surface area contributed by atoms with Gasteiger partial charge in [0.1, 0.15) is 12.4 Å². The molecule has 0 atom stereocenters. The number of aryl methyl sites for hydroxylation is 1. The zero-order chi connectivity index (χ0) is 22.1. The Bertz CT molecular complexity index is 1030. The zero-order valence-corrected chi connectivity index (χ0v) is 18.1. The van der Waals surface area contributed by atoms with Gasteiger partial charge in [-0.2, -0.15) is 5.10 Å². The fourth-order valence-electron chi connectivity index (χ4n) is 2.62. The quantitative estimate of drug-likeness (QED) is 0.386. The van der Waals surface area contributed by atoms with Crippen LogP contribution in [0.1, 0.15) is 16.7 Å². The van der Waals surface area contributed by atoms with Crippen molar-refractivity contribution in [3.05, 3.63) is 88.4 Å². The molecule has 0 aliphatic rings. The van der Waals surface area contributed by atoms with E-state index in [9.17, 15) is 4.79 Å². The lowest BCUT2D eigenvalue weighted by Crippen LogP contribution is -2.24. The molecule has 3 aromatic carbocycles. The number of benzene rings is 3. The highest BCUT2D eigenvalue weighted by atomic mass is 35.5. The number of amides is 1. The molecule has 0 saturated carbocycles. The maximum absolute atomic E-state index is 11.9. The average molecular weight is 439 g/mol. The summed E-state index contributed by atoms with van der Waals surface area (Å²) < 4.78 is 16.7. The first-order valence-corrected chi connectivity index (χ1v) is 9.98. The van der Waals surface area contributed by atoms with Gasteiger partial charge in [-0.25, -0.2) is 5.43 Å². The summed E-state index contributed by atoms with van der Waals surface area (Å²) in [7, 11) is 1.57. The van der Waals surface area contributed by atoms with Gasteiger partial charge in [-0.3, -0.25) is 4.79 Å². The molecule has 0 spiro atoms. The van der Waals surface area contributed by atoms with E-state index in [1.807, 2.05) is 61.5 Å². The van der Waals surface area contributed by atoms with E-state index < -0.39 is 0 Å². The van der Waals surface area contributed by atoms with Crippen molar-refractivity contribution in [3.8, 4) is 17.2 Å². The van der Waals surface area contributed by atoms with Gasteiger partial charge in [0.25, 0.3) is 5.91 Å². The normalized spacial score (nSPS) is 10.7. The summed E-state index contributed by atoms with van der Waals surface area (Å²) >= 11 is 5.90. The molecule has 31 heavy (non-hydrogen) atoms. The summed E-state index contributed by atoms with van der Waals surface area (Å²) in [5.41, 5.74) is 5.30. The predicted molar refractivity (Wildman–Crippen MR) is 121 cm³/mol. The van der Waals surface area contributed by atoms with Crippen LogP contribution < -0.4 is 19.6 Å². The van der Waals surface area contributed by atoms with Crippen LogP contribution in [0.3, 0.4) is 0 Å². The molecule has 3 aromatic rings. The highest BCUT2D eigenvalue weighted by molar-refractivity contribution is 6.30. The van der Waals surface area contributed by atoms with Crippen LogP contribution in [0.25, 0.3) is 0 Å². The van der Waals surface area contributed by atoms with Crippen molar-refractivity contribution in [2.45, 2.75) is 13.5 Å². The first-order valence-electron chi connectivity index (χ1n) is 9.60. The Morgan fingerprint density at radius 2 is 1.74 bits per heavy atom. The Kier molecular flexibility index (Phi) is 7.90. The summed E-state index contributed by atoms with van der Waals surface area (Å²) in [4.78, 5) is 11.9. The third-order valence-corrected chi connectivity index (χ3v) is 4.54. The summed E-state index contributed by atoms with van der Waals surface area (Å²) in [5.74, 6) is 1.44. The number of halogens is 1. The van der Waals surface area contributed by atoms with Crippen molar-refractivity contribution < 1.29 is 19.0 Å². The monoisotopic (exact) mass is 438 g/mol. The Hall–Kier alpha value is -3.51. The van der Waals surface area contributed by atoms with E-state index in [-0.39, 0.29) is 12.5 Å². The topological polar surface area (TPSA) is 69.2 Å². The van der Waals surface area contributed by atoms with Gasteiger partial charge in [0.15, 0.2) is 18.1 Å². The molecule has 0 bridgehead atoms. The number of hydrogen-bond acceptors (Lipinski definition) is 5. The van der Waals surface area contributed by atoms with Crippen molar-refractivity contribution >= 4 is 23.7 Å². The van der Waals surface area contributed by atoms with Crippen LogP contribution in [0.15, 0.2) is 71.8 Å². The molecule has 3 rings (SSSR count). The molecule has 0 aliphatic carbocycles. The largest absolute Gasteiger partial charge is 0.493 e. The van der Waals surface area contributed by atoms with Crippen LogP contribution in [-0.2, 0) is 11.4 Å². The molecule has 0 aromatic heterocycles. The number of methoxy groups -OCH3 is 1. The highest BCUT2D eigenvalue weighted by Gasteiger charge is 2.06. The van der Waals surface area contributed by atoms with Gasteiger partial charge in [0.2, 0.25) is 0 Å². The first-order chi connectivity index (χ1) is 15.0. The Morgan fingerprint density at radius 1 is 1.00 bits per heavy atom. The van der Waals surface area contributed by atoms with Gasteiger partial charge < -0.3 is 14.2 Å². The van der Waals surface area contributed by atoms with Crippen molar-refractivity contribution in [2.24, 2.45) is 5.10 Å². The van der Waals surface area contributed by atoms with E-state index in [1.54, 1.807) is 19.2 Å². The first kappa shape index (κ1) is 22.2. The number of hydrogen-bond donors (Lipinski definition) is 1. The van der Waals surface area contributed by atoms with Crippen molar-refractivity contribution in [3.63, 3.8) is 0 Å². The van der Waals surface area contributed by atoms with Crippen LogP contribution in [0.5, 0.6) is 17.2 Å². The van der Waals surface area contributed by atoms with Crippen molar-refractivity contribution in [1.82, 2.24) is 5.43 Å². The number of rotatable bonds is 9. The van der Waals surface area contributed by atoms with E-state index >= 15 is 0 Å². The number of ether oxygens (including phenoxy) is 3. The van der Waals surface area contributed by atoms with E-state index in [1.165, 1.54) is 6.21 Å². The van der Waals surface area contributed by atoms with E-state index in [0.29, 0.717) is 28.9 Å². The minimum atomic E-state index is -0.355. The van der Waals surface area contributed by atoms with E-state index in [4.69, 9.17) is 25.8 Å². The van der Waals surface area contributed by atoms with Crippen LogP contribution >= 0.6 is 11.6 Å². The standard InChI is InChI=1S/C24H23ClN2O4/c1-17-3-10-21(11-4-17)30-16-24(28)27-26-14-19-7-12-22(23(13-19)29-2)31-15-18-5-8-20(25)9-6-18/h3-14H,15-16H2,1-2H3,(H,27,28)/b26-14+. The molecule has 6 nitrogen and oxygen atoms in total. The van der Waals surface area contributed by atoms with Gasteiger partial charge in [-0.05, 0) is 60.5 Å². The smallest absolute Gasteiger partial charge is 0.277 e. The Morgan fingerprint density at radius 3 is 2.45 bits per heavy atom. The lowest BCUT2D eigenvalue weighted by atomic mass is 10.2. The molecular formula is C24H23ClN2O4. The van der Waals surface area contributed by atoms with Gasteiger partial charge in [0.05, 0.1) is 13.3 Å².